The van der Waals surface area contributed by atoms with Crippen LogP contribution < -0.4 is 0 Å². The van der Waals surface area contributed by atoms with Gasteiger partial charge in [0, 0.05) is 16.9 Å². The molecule has 0 heterocycles. The van der Waals surface area contributed by atoms with E-state index in [1.165, 1.54) is 6.08 Å². The van der Waals surface area contributed by atoms with Crippen LogP contribution in [0.5, 0.6) is 0 Å². The van der Waals surface area contributed by atoms with Gasteiger partial charge in [-0.25, -0.2) is 4.79 Å². The average Bonchev–Trinajstić information content (AvgIpc) is 2.51. The van der Waals surface area contributed by atoms with Crippen molar-refractivity contribution >= 4 is 5.97 Å². The second-order valence-electron chi connectivity index (χ2n) is 7.58. The summed E-state index contributed by atoms with van der Waals surface area (Å²) in [6.45, 7) is 18.2. The first-order valence-electron chi connectivity index (χ1n) is 8.36. The third-order valence-electron chi connectivity index (χ3n) is 3.66. The molecule has 0 aliphatic carbocycles. The van der Waals surface area contributed by atoms with Gasteiger partial charge in [-0.05, 0) is 19.4 Å². The van der Waals surface area contributed by atoms with E-state index >= 15 is 0 Å². The molecule has 1 N–H and O–H groups in total. The zero-order valence-corrected chi connectivity index (χ0v) is 15.9. The van der Waals surface area contributed by atoms with Gasteiger partial charge in [0.2, 0.25) is 0 Å². The first-order chi connectivity index (χ1) is 11.0. The van der Waals surface area contributed by atoms with Gasteiger partial charge in [-0.15, -0.1) is 0 Å². The summed E-state index contributed by atoms with van der Waals surface area (Å²) in [6.07, 6.45) is 4.42. The molecule has 0 aliphatic rings. The minimum Gasteiger partial charge on any atom is -0.462 e. The van der Waals surface area contributed by atoms with Gasteiger partial charge in [0.1, 0.15) is 0 Å². The molecular formula is C19H34O5. The number of hydrogen-bond donors (Lipinski definition) is 1. The molecule has 5 heteroatoms. The Hall–Kier alpha value is -1.17. The molecule has 0 saturated heterocycles. The lowest BCUT2D eigenvalue weighted by Gasteiger charge is -2.33. The second-order valence-corrected chi connectivity index (χ2v) is 7.58. The highest BCUT2D eigenvalue weighted by atomic mass is 16.6. The molecule has 0 amide bonds. The normalized spacial score (nSPS) is 16.8. The molecule has 0 saturated carbocycles. The lowest BCUT2D eigenvalue weighted by Crippen LogP contribution is -2.37. The van der Waals surface area contributed by atoms with Crippen LogP contribution in [0, 0.1) is 10.8 Å². The molecule has 0 radical (unpaired) electrons. The van der Waals surface area contributed by atoms with E-state index in [0.29, 0.717) is 19.8 Å². The highest BCUT2D eigenvalue weighted by molar-refractivity contribution is 5.81. The van der Waals surface area contributed by atoms with E-state index in [0.717, 1.165) is 18.9 Å². The van der Waals surface area contributed by atoms with Crippen molar-refractivity contribution in [2.75, 3.05) is 26.4 Å². The van der Waals surface area contributed by atoms with Crippen LogP contribution in [0.1, 0.15) is 47.5 Å². The van der Waals surface area contributed by atoms with Gasteiger partial charge in [-0.1, -0.05) is 47.3 Å². The number of carbonyl (C=O) groups excluding carboxylic acids is 1. The molecule has 0 aromatic carbocycles. The van der Waals surface area contributed by atoms with Gasteiger partial charge in [0.25, 0.3) is 0 Å². The molecular weight excluding hydrogens is 308 g/mol. The Bertz CT molecular complexity index is 414. The van der Waals surface area contributed by atoms with Crippen molar-refractivity contribution in [3.63, 3.8) is 0 Å². The van der Waals surface area contributed by atoms with Crippen LogP contribution in [0.4, 0.5) is 0 Å². The maximum Gasteiger partial charge on any atom is 0.330 e. The molecule has 0 aromatic rings. The zero-order valence-electron chi connectivity index (χ0n) is 15.9. The van der Waals surface area contributed by atoms with Gasteiger partial charge in [-0.3, -0.25) is 0 Å². The summed E-state index contributed by atoms with van der Waals surface area (Å²) in [5.74, 6) is -1.77. The minimum atomic E-state index is -1.34. The van der Waals surface area contributed by atoms with Crippen LogP contribution in [0.3, 0.4) is 0 Å². The summed E-state index contributed by atoms with van der Waals surface area (Å²) in [5.41, 5.74) is -0.505. The molecule has 0 aromatic heterocycles. The van der Waals surface area contributed by atoms with Crippen molar-refractivity contribution in [3.05, 3.63) is 25.3 Å². The fraction of sp³-hybridized carbons (Fsp3) is 0.737. The molecule has 0 spiro atoms. The average molecular weight is 342 g/mol. The fourth-order valence-electron chi connectivity index (χ4n) is 2.11. The van der Waals surface area contributed by atoms with Crippen molar-refractivity contribution in [1.29, 1.82) is 0 Å². The number of ether oxygens (including phenoxy) is 3. The Morgan fingerprint density at radius 1 is 1.08 bits per heavy atom. The highest BCUT2D eigenvalue weighted by Crippen LogP contribution is 2.27. The topological polar surface area (TPSA) is 65.0 Å². The van der Waals surface area contributed by atoms with Gasteiger partial charge < -0.3 is 19.3 Å². The first kappa shape index (κ1) is 22.8. The molecule has 0 aliphatic heterocycles. The standard InChI is InChI=1S/C19H34O5/c1-8-11-18(6,15-24-19(7,21)10-3)14-22-12-17(4,5)13-23-16(20)9-2/h9-10,21H,2-3,8,11-15H2,1,4-7H3. The molecule has 2 atom stereocenters. The Balaban J connectivity index is 4.48. The number of esters is 1. The number of carbonyl (C=O) groups is 1. The van der Waals surface area contributed by atoms with Crippen molar-refractivity contribution in [2.24, 2.45) is 10.8 Å². The highest BCUT2D eigenvalue weighted by Gasteiger charge is 2.29. The molecule has 5 nitrogen and oxygen atoms in total. The molecule has 24 heavy (non-hydrogen) atoms. The van der Waals surface area contributed by atoms with Crippen molar-refractivity contribution in [2.45, 2.75) is 53.2 Å². The Morgan fingerprint density at radius 2 is 1.71 bits per heavy atom. The van der Waals surface area contributed by atoms with Crippen LogP contribution in [-0.4, -0.2) is 43.3 Å². The molecule has 0 rings (SSSR count). The second kappa shape index (κ2) is 9.97. The van der Waals surface area contributed by atoms with Crippen molar-refractivity contribution < 1.29 is 24.1 Å². The third kappa shape index (κ3) is 9.85. The quantitative estimate of drug-likeness (QED) is 0.240. The number of rotatable bonds is 13. The van der Waals surface area contributed by atoms with E-state index in [2.05, 4.69) is 27.0 Å². The molecule has 0 fully saturated rings. The Labute approximate surface area is 146 Å². The Kier molecular flexibility index (Phi) is 9.48. The van der Waals surface area contributed by atoms with E-state index in [4.69, 9.17) is 14.2 Å². The van der Waals surface area contributed by atoms with E-state index in [9.17, 15) is 9.90 Å². The summed E-state index contributed by atoms with van der Waals surface area (Å²) in [6, 6.07) is 0. The van der Waals surface area contributed by atoms with Gasteiger partial charge >= 0.3 is 5.97 Å². The van der Waals surface area contributed by atoms with Crippen LogP contribution in [0.2, 0.25) is 0 Å². The van der Waals surface area contributed by atoms with Gasteiger partial charge in [0.05, 0.1) is 26.4 Å². The monoisotopic (exact) mass is 342 g/mol. The summed E-state index contributed by atoms with van der Waals surface area (Å²) < 4.78 is 16.5. The molecule has 2 unspecified atom stereocenters. The van der Waals surface area contributed by atoms with Crippen LogP contribution in [0.15, 0.2) is 25.3 Å². The zero-order chi connectivity index (χ0) is 18.9. The van der Waals surface area contributed by atoms with Gasteiger partial charge in [-0.2, -0.15) is 0 Å². The van der Waals surface area contributed by atoms with Crippen LogP contribution in [-0.2, 0) is 19.0 Å². The lowest BCUT2D eigenvalue weighted by atomic mass is 9.87. The van der Waals surface area contributed by atoms with E-state index in [-0.39, 0.29) is 17.4 Å². The predicted octanol–water partition coefficient (Wildman–Crippen LogP) is 3.48. The fourth-order valence-corrected chi connectivity index (χ4v) is 2.11. The largest absolute Gasteiger partial charge is 0.462 e. The van der Waals surface area contributed by atoms with E-state index in [1.54, 1.807) is 6.92 Å². The van der Waals surface area contributed by atoms with Crippen LogP contribution in [0.25, 0.3) is 0 Å². The van der Waals surface area contributed by atoms with Gasteiger partial charge in [0.15, 0.2) is 5.79 Å². The minimum absolute atomic E-state index is 0.213. The molecule has 0 bridgehead atoms. The number of hydrogen-bond acceptors (Lipinski definition) is 5. The smallest absolute Gasteiger partial charge is 0.330 e. The third-order valence-corrected chi connectivity index (χ3v) is 3.66. The van der Waals surface area contributed by atoms with E-state index in [1.807, 2.05) is 13.8 Å². The number of aliphatic hydroxyl groups is 1. The lowest BCUT2D eigenvalue weighted by molar-refractivity contribution is -0.180. The maximum absolute atomic E-state index is 11.2. The van der Waals surface area contributed by atoms with Crippen molar-refractivity contribution in [1.82, 2.24) is 0 Å². The first-order valence-corrected chi connectivity index (χ1v) is 8.36. The Morgan fingerprint density at radius 3 is 2.21 bits per heavy atom. The summed E-state index contributed by atoms with van der Waals surface area (Å²) in [4.78, 5) is 11.2. The van der Waals surface area contributed by atoms with Crippen LogP contribution >= 0.6 is 0 Å². The summed E-state index contributed by atoms with van der Waals surface area (Å²) in [5, 5.41) is 9.92. The maximum atomic E-state index is 11.2. The SMILES string of the molecule is C=CC(=O)OCC(C)(C)COCC(C)(CCC)COC(C)(O)C=C. The van der Waals surface area contributed by atoms with Crippen molar-refractivity contribution in [3.8, 4) is 0 Å². The summed E-state index contributed by atoms with van der Waals surface area (Å²) in [7, 11) is 0. The summed E-state index contributed by atoms with van der Waals surface area (Å²) >= 11 is 0. The van der Waals surface area contributed by atoms with E-state index < -0.39 is 11.8 Å². The predicted molar refractivity (Wildman–Crippen MR) is 95.5 cm³/mol. The molecule has 140 valence electrons.